The van der Waals surface area contributed by atoms with E-state index in [2.05, 4.69) is 32.6 Å². The lowest BCUT2D eigenvalue weighted by Gasteiger charge is -2.31. The summed E-state index contributed by atoms with van der Waals surface area (Å²) in [5.74, 6) is 0.453. The summed E-state index contributed by atoms with van der Waals surface area (Å²) in [5, 5.41) is 7.61. The van der Waals surface area contributed by atoms with Crippen molar-refractivity contribution in [1.29, 1.82) is 0 Å². The molecule has 2 N–H and O–H groups in total. The summed E-state index contributed by atoms with van der Waals surface area (Å²) in [4.78, 5) is 24.0. The number of guanidine groups is 1. The number of aliphatic imine (C=N–C) groups is 1. The van der Waals surface area contributed by atoms with Gasteiger partial charge < -0.3 is 20.3 Å². The van der Waals surface area contributed by atoms with Crippen LogP contribution < -0.4 is 10.6 Å². The lowest BCUT2D eigenvalue weighted by atomic mass is 9.94. The zero-order chi connectivity index (χ0) is 21.2. The van der Waals surface area contributed by atoms with Crippen LogP contribution in [0.2, 0.25) is 0 Å². The standard InChI is InChI=1S/C21H37N5O2S.HI/c1-6-28-20(27)18-15(2)24-19(29-18)16(3)25-21(22-4)23-13-10-14-26(5)17-11-8-7-9-12-17;/h16-17H,6-14H2,1-5H3,(H2,22,23,25);1H. The van der Waals surface area contributed by atoms with Gasteiger partial charge in [-0.25, -0.2) is 9.78 Å². The predicted molar refractivity (Wildman–Crippen MR) is 135 cm³/mol. The first-order valence-corrected chi connectivity index (χ1v) is 11.6. The summed E-state index contributed by atoms with van der Waals surface area (Å²) in [5.41, 5.74) is 0.714. The van der Waals surface area contributed by atoms with E-state index in [1.807, 2.05) is 20.8 Å². The summed E-state index contributed by atoms with van der Waals surface area (Å²) in [6.45, 7) is 8.01. The maximum absolute atomic E-state index is 12.0. The molecule has 2 rings (SSSR count). The molecule has 0 aliphatic heterocycles. The number of rotatable bonds is 9. The summed E-state index contributed by atoms with van der Waals surface area (Å²) >= 11 is 1.38. The van der Waals surface area contributed by atoms with Crippen molar-refractivity contribution in [3.05, 3.63) is 15.6 Å². The molecule has 1 atom stereocenters. The molecule has 0 saturated heterocycles. The molecule has 30 heavy (non-hydrogen) atoms. The van der Waals surface area contributed by atoms with Gasteiger partial charge in [-0.2, -0.15) is 0 Å². The molecule has 0 aromatic carbocycles. The third kappa shape index (κ3) is 8.30. The van der Waals surface area contributed by atoms with E-state index in [1.54, 1.807) is 7.05 Å². The molecule has 0 radical (unpaired) electrons. The van der Waals surface area contributed by atoms with Crippen molar-refractivity contribution in [3.63, 3.8) is 0 Å². The monoisotopic (exact) mass is 551 g/mol. The summed E-state index contributed by atoms with van der Waals surface area (Å²) < 4.78 is 5.10. The SMILES string of the molecule is CCOC(=O)c1sc(C(C)NC(=NC)NCCCN(C)C2CCCCC2)nc1C.I. The van der Waals surface area contributed by atoms with E-state index in [9.17, 15) is 4.79 Å². The molecule has 0 amide bonds. The number of hydrogen-bond acceptors (Lipinski definition) is 6. The first-order valence-electron chi connectivity index (χ1n) is 10.8. The van der Waals surface area contributed by atoms with Crippen LogP contribution >= 0.6 is 35.3 Å². The maximum Gasteiger partial charge on any atom is 0.350 e. The lowest BCUT2D eigenvalue weighted by Crippen LogP contribution is -2.40. The zero-order valence-electron chi connectivity index (χ0n) is 19.0. The molecule has 1 aliphatic carbocycles. The van der Waals surface area contributed by atoms with Crippen LogP contribution in [0.1, 0.15) is 78.8 Å². The third-order valence-electron chi connectivity index (χ3n) is 5.40. The second-order valence-corrected chi connectivity index (χ2v) is 8.71. The number of nitrogens with one attached hydrogen (secondary N) is 2. The van der Waals surface area contributed by atoms with E-state index in [1.165, 1.54) is 43.4 Å². The quantitative estimate of drug-likeness (QED) is 0.158. The van der Waals surface area contributed by atoms with Crippen LogP contribution in [0.5, 0.6) is 0 Å². The Morgan fingerprint density at radius 2 is 2.07 bits per heavy atom. The van der Waals surface area contributed by atoms with Gasteiger partial charge in [0.2, 0.25) is 0 Å². The fraction of sp³-hybridized carbons (Fsp3) is 0.762. The number of aryl methyl sites for hydroxylation is 1. The van der Waals surface area contributed by atoms with Gasteiger partial charge in [0.25, 0.3) is 0 Å². The predicted octanol–water partition coefficient (Wildman–Crippen LogP) is 4.13. The van der Waals surface area contributed by atoms with Crippen molar-refractivity contribution in [2.45, 2.75) is 71.4 Å². The number of aromatic nitrogens is 1. The van der Waals surface area contributed by atoms with Gasteiger partial charge in [-0.15, -0.1) is 35.3 Å². The lowest BCUT2D eigenvalue weighted by molar-refractivity contribution is 0.0531. The Hall–Kier alpha value is -0.940. The van der Waals surface area contributed by atoms with Crippen molar-refractivity contribution in [1.82, 2.24) is 20.5 Å². The second-order valence-electron chi connectivity index (χ2n) is 7.68. The van der Waals surface area contributed by atoms with Gasteiger partial charge in [0.05, 0.1) is 18.3 Å². The Kier molecular flexibility index (Phi) is 12.8. The highest BCUT2D eigenvalue weighted by atomic mass is 127. The van der Waals surface area contributed by atoms with E-state index in [0.717, 1.165) is 36.5 Å². The van der Waals surface area contributed by atoms with Crippen LogP contribution in [0.25, 0.3) is 0 Å². The average molecular weight is 552 g/mol. The first kappa shape index (κ1) is 27.1. The van der Waals surface area contributed by atoms with Crippen LogP contribution in [0, 0.1) is 6.92 Å². The fourth-order valence-corrected chi connectivity index (χ4v) is 4.65. The molecule has 7 nitrogen and oxygen atoms in total. The Morgan fingerprint density at radius 1 is 1.37 bits per heavy atom. The highest BCUT2D eigenvalue weighted by molar-refractivity contribution is 14.0. The molecule has 1 fully saturated rings. The van der Waals surface area contributed by atoms with Crippen molar-refractivity contribution >= 4 is 47.2 Å². The number of halogens is 1. The Bertz CT molecular complexity index is 676. The topological polar surface area (TPSA) is 78.8 Å². The molecule has 172 valence electrons. The number of carbonyl (C=O) groups is 1. The number of carbonyl (C=O) groups excluding carboxylic acids is 1. The van der Waals surface area contributed by atoms with Gasteiger partial charge >= 0.3 is 5.97 Å². The minimum absolute atomic E-state index is 0. The number of esters is 1. The van der Waals surface area contributed by atoms with Crippen LogP contribution in [-0.4, -0.2) is 61.6 Å². The third-order valence-corrected chi connectivity index (χ3v) is 6.72. The largest absolute Gasteiger partial charge is 0.462 e. The van der Waals surface area contributed by atoms with E-state index >= 15 is 0 Å². The normalized spacial score (nSPS) is 16.1. The number of thiazole rings is 1. The van der Waals surface area contributed by atoms with E-state index in [4.69, 9.17) is 4.74 Å². The molecule has 0 spiro atoms. The number of hydrogen-bond donors (Lipinski definition) is 2. The van der Waals surface area contributed by atoms with Crippen molar-refractivity contribution < 1.29 is 9.53 Å². The molecule has 1 aliphatic rings. The Labute approximate surface area is 202 Å². The fourth-order valence-electron chi connectivity index (χ4n) is 3.69. The molecule has 1 aromatic rings. The molecular weight excluding hydrogens is 513 g/mol. The van der Waals surface area contributed by atoms with E-state index in [0.29, 0.717) is 17.2 Å². The molecule has 1 aromatic heterocycles. The van der Waals surface area contributed by atoms with Crippen LogP contribution in [0.15, 0.2) is 4.99 Å². The van der Waals surface area contributed by atoms with Crippen molar-refractivity contribution in [2.24, 2.45) is 4.99 Å². The van der Waals surface area contributed by atoms with Crippen LogP contribution in [0.4, 0.5) is 0 Å². The van der Waals surface area contributed by atoms with Gasteiger partial charge in [-0.3, -0.25) is 4.99 Å². The first-order chi connectivity index (χ1) is 14.0. The molecule has 1 heterocycles. The summed E-state index contributed by atoms with van der Waals surface area (Å²) in [7, 11) is 4.02. The van der Waals surface area contributed by atoms with Crippen LogP contribution in [-0.2, 0) is 4.74 Å². The van der Waals surface area contributed by atoms with E-state index in [-0.39, 0.29) is 36.0 Å². The second kappa shape index (κ2) is 14.2. The Balaban J connectivity index is 0.00000450. The van der Waals surface area contributed by atoms with Gasteiger partial charge in [0, 0.05) is 19.6 Å². The highest BCUT2D eigenvalue weighted by Crippen LogP contribution is 2.24. The average Bonchev–Trinajstić information content (AvgIpc) is 3.12. The minimum Gasteiger partial charge on any atom is -0.462 e. The number of nitrogens with zero attached hydrogens (tertiary/aromatic N) is 3. The molecule has 1 unspecified atom stereocenters. The van der Waals surface area contributed by atoms with Gasteiger partial charge in [0.1, 0.15) is 9.88 Å². The minimum atomic E-state index is -0.300. The van der Waals surface area contributed by atoms with Crippen molar-refractivity contribution in [3.8, 4) is 0 Å². The molecule has 9 heteroatoms. The summed E-state index contributed by atoms with van der Waals surface area (Å²) in [6.07, 6.45) is 7.89. The number of ether oxygens (including phenoxy) is 1. The van der Waals surface area contributed by atoms with Crippen molar-refractivity contribution in [2.75, 3.05) is 33.8 Å². The summed E-state index contributed by atoms with van der Waals surface area (Å²) in [6, 6.07) is 0.709. The molecular formula is C21H38IN5O2S. The maximum atomic E-state index is 12.0. The van der Waals surface area contributed by atoms with Crippen LogP contribution in [0.3, 0.4) is 0 Å². The van der Waals surface area contributed by atoms with Gasteiger partial charge in [-0.05, 0) is 53.6 Å². The molecule has 1 saturated carbocycles. The van der Waals surface area contributed by atoms with Gasteiger partial charge in [-0.1, -0.05) is 19.3 Å². The Morgan fingerprint density at radius 3 is 2.70 bits per heavy atom. The van der Waals surface area contributed by atoms with Gasteiger partial charge in [0.15, 0.2) is 5.96 Å². The van der Waals surface area contributed by atoms with E-state index < -0.39 is 0 Å². The zero-order valence-corrected chi connectivity index (χ0v) is 22.1. The smallest absolute Gasteiger partial charge is 0.350 e. The highest BCUT2D eigenvalue weighted by Gasteiger charge is 2.20. The molecule has 0 bridgehead atoms.